The standard InChI is InChI=1S/C15H13O4/c1-17-9-3-5-11-13(7-9)19-14-8-10(18-2)4-6-12(14)15(11)16/h3-8,16H,1-2H3. The number of hydrogen-bond donors (Lipinski definition) is 1. The van der Waals surface area contributed by atoms with Crippen molar-refractivity contribution >= 4 is 0 Å². The number of aliphatic hydroxyl groups is 1. The predicted molar refractivity (Wildman–Crippen MR) is 69.4 cm³/mol. The smallest absolute Gasteiger partial charge is 0.159 e. The number of ether oxygens (including phenoxy) is 3. The summed E-state index contributed by atoms with van der Waals surface area (Å²) >= 11 is 0. The van der Waals surface area contributed by atoms with Gasteiger partial charge in [-0.15, -0.1) is 0 Å². The van der Waals surface area contributed by atoms with Crippen LogP contribution in [0.1, 0.15) is 11.1 Å². The molecule has 3 rings (SSSR count). The first-order valence-electron chi connectivity index (χ1n) is 5.83. The van der Waals surface area contributed by atoms with Crippen molar-refractivity contribution in [1.82, 2.24) is 0 Å². The van der Waals surface area contributed by atoms with Crippen LogP contribution in [0.4, 0.5) is 0 Å². The summed E-state index contributed by atoms with van der Waals surface area (Å²) in [6.45, 7) is 0. The molecule has 1 radical (unpaired) electrons. The SMILES string of the molecule is COc1ccc2c(c1)Oc1cc(OC)ccc1[C]2O. The summed E-state index contributed by atoms with van der Waals surface area (Å²) < 4.78 is 16.1. The van der Waals surface area contributed by atoms with Crippen LogP contribution in [0.25, 0.3) is 0 Å². The second-order valence-electron chi connectivity index (χ2n) is 4.17. The molecule has 0 fully saturated rings. The molecular weight excluding hydrogens is 244 g/mol. The van der Waals surface area contributed by atoms with Crippen LogP contribution in [0.3, 0.4) is 0 Å². The summed E-state index contributed by atoms with van der Waals surface area (Å²) in [6, 6.07) is 10.6. The molecule has 0 bridgehead atoms. The molecule has 1 aliphatic rings. The minimum absolute atomic E-state index is 0.196. The summed E-state index contributed by atoms with van der Waals surface area (Å²) in [6.07, 6.45) is 0.196. The van der Waals surface area contributed by atoms with Gasteiger partial charge in [-0.2, -0.15) is 0 Å². The number of aliphatic hydroxyl groups excluding tert-OH is 1. The molecule has 1 N–H and O–H groups in total. The van der Waals surface area contributed by atoms with E-state index >= 15 is 0 Å². The first-order chi connectivity index (χ1) is 9.22. The number of fused-ring (bicyclic) bond motifs is 2. The molecule has 2 aromatic rings. The molecule has 2 aromatic carbocycles. The zero-order valence-electron chi connectivity index (χ0n) is 10.6. The molecule has 0 amide bonds. The van der Waals surface area contributed by atoms with Crippen LogP contribution in [0.15, 0.2) is 36.4 Å². The van der Waals surface area contributed by atoms with Gasteiger partial charge in [0.05, 0.1) is 14.2 Å². The Morgan fingerprint density at radius 1 is 0.842 bits per heavy atom. The van der Waals surface area contributed by atoms with Crippen LogP contribution in [0, 0.1) is 6.10 Å². The van der Waals surface area contributed by atoms with Crippen LogP contribution in [0.2, 0.25) is 0 Å². The molecule has 19 heavy (non-hydrogen) atoms. The zero-order chi connectivity index (χ0) is 13.4. The first-order valence-corrected chi connectivity index (χ1v) is 5.83. The van der Waals surface area contributed by atoms with E-state index in [1.807, 2.05) is 0 Å². The molecule has 97 valence electrons. The average Bonchev–Trinajstić information content (AvgIpc) is 2.46. The maximum Gasteiger partial charge on any atom is 0.159 e. The monoisotopic (exact) mass is 257 g/mol. The third-order valence-corrected chi connectivity index (χ3v) is 3.11. The van der Waals surface area contributed by atoms with Gasteiger partial charge >= 0.3 is 0 Å². The van der Waals surface area contributed by atoms with Crippen molar-refractivity contribution in [3.8, 4) is 23.0 Å². The van der Waals surface area contributed by atoms with Crippen molar-refractivity contribution in [2.45, 2.75) is 0 Å². The maximum absolute atomic E-state index is 10.3. The van der Waals surface area contributed by atoms with Crippen LogP contribution in [-0.4, -0.2) is 19.3 Å². The van der Waals surface area contributed by atoms with Gasteiger partial charge in [0.15, 0.2) is 6.10 Å². The molecule has 0 aromatic heterocycles. The van der Waals surface area contributed by atoms with E-state index in [1.54, 1.807) is 50.6 Å². The fourth-order valence-electron chi connectivity index (χ4n) is 2.08. The molecule has 0 spiro atoms. The minimum Gasteiger partial charge on any atom is -0.497 e. The van der Waals surface area contributed by atoms with Gasteiger partial charge in [-0.05, 0) is 24.3 Å². The summed E-state index contributed by atoms with van der Waals surface area (Å²) in [5.74, 6) is 2.49. The van der Waals surface area contributed by atoms with E-state index in [0.717, 1.165) is 0 Å². The largest absolute Gasteiger partial charge is 0.497 e. The molecule has 0 atom stereocenters. The molecule has 4 nitrogen and oxygen atoms in total. The van der Waals surface area contributed by atoms with Crippen molar-refractivity contribution in [2.75, 3.05) is 14.2 Å². The van der Waals surface area contributed by atoms with E-state index in [4.69, 9.17) is 14.2 Å². The van der Waals surface area contributed by atoms with Crippen molar-refractivity contribution < 1.29 is 19.3 Å². The summed E-state index contributed by atoms with van der Waals surface area (Å²) in [7, 11) is 3.18. The first kappa shape index (κ1) is 11.9. The lowest BCUT2D eigenvalue weighted by atomic mass is 9.97. The van der Waals surface area contributed by atoms with Gasteiger partial charge in [-0.3, -0.25) is 0 Å². The highest BCUT2D eigenvalue weighted by molar-refractivity contribution is 5.62. The Morgan fingerprint density at radius 3 is 1.74 bits per heavy atom. The highest BCUT2D eigenvalue weighted by atomic mass is 16.5. The van der Waals surface area contributed by atoms with Crippen molar-refractivity contribution in [3.05, 3.63) is 53.6 Å². The Morgan fingerprint density at radius 2 is 1.32 bits per heavy atom. The van der Waals surface area contributed by atoms with E-state index in [0.29, 0.717) is 34.1 Å². The molecule has 0 saturated carbocycles. The normalized spacial score (nSPS) is 13.2. The Bertz CT molecular complexity index is 568. The highest BCUT2D eigenvalue weighted by Gasteiger charge is 2.27. The fraction of sp³-hybridized carbons (Fsp3) is 0.133. The number of rotatable bonds is 2. The molecule has 0 saturated heterocycles. The maximum atomic E-state index is 10.3. The van der Waals surface area contributed by atoms with Gasteiger partial charge < -0.3 is 19.3 Å². The molecule has 1 aliphatic heterocycles. The van der Waals surface area contributed by atoms with Crippen molar-refractivity contribution in [1.29, 1.82) is 0 Å². The lowest BCUT2D eigenvalue weighted by Crippen LogP contribution is -2.10. The fourth-order valence-corrected chi connectivity index (χ4v) is 2.08. The highest BCUT2D eigenvalue weighted by Crippen LogP contribution is 2.44. The third-order valence-electron chi connectivity index (χ3n) is 3.11. The topological polar surface area (TPSA) is 47.9 Å². The van der Waals surface area contributed by atoms with Gasteiger partial charge in [-0.1, -0.05) is 0 Å². The molecular formula is C15H13O4. The second kappa shape index (κ2) is 4.48. The van der Waals surface area contributed by atoms with Crippen LogP contribution in [-0.2, 0) is 0 Å². The average molecular weight is 257 g/mol. The number of benzene rings is 2. The molecule has 0 aliphatic carbocycles. The second-order valence-corrected chi connectivity index (χ2v) is 4.17. The minimum atomic E-state index is 0.196. The van der Waals surface area contributed by atoms with E-state index < -0.39 is 0 Å². The third kappa shape index (κ3) is 1.90. The predicted octanol–water partition coefficient (Wildman–Crippen LogP) is 3.11. The van der Waals surface area contributed by atoms with Gasteiger partial charge in [0.25, 0.3) is 0 Å². The lowest BCUT2D eigenvalue weighted by molar-refractivity contribution is 0.326. The Balaban J connectivity index is 2.08. The van der Waals surface area contributed by atoms with Crippen LogP contribution < -0.4 is 14.2 Å². The molecule has 4 heteroatoms. The van der Waals surface area contributed by atoms with Gasteiger partial charge in [-0.25, -0.2) is 0 Å². The van der Waals surface area contributed by atoms with E-state index in [9.17, 15) is 5.11 Å². The van der Waals surface area contributed by atoms with Gasteiger partial charge in [0, 0.05) is 23.3 Å². The quantitative estimate of drug-likeness (QED) is 0.898. The zero-order valence-corrected chi connectivity index (χ0v) is 10.6. The Labute approximate surface area is 111 Å². The summed E-state index contributed by atoms with van der Waals surface area (Å²) in [5.41, 5.74) is 1.30. The van der Waals surface area contributed by atoms with E-state index in [-0.39, 0.29) is 6.10 Å². The Kier molecular flexibility index (Phi) is 2.80. The van der Waals surface area contributed by atoms with Crippen molar-refractivity contribution in [3.63, 3.8) is 0 Å². The lowest BCUT2D eigenvalue weighted by Gasteiger charge is -2.24. The number of methoxy groups -OCH3 is 2. The van der Waals surface area contributed by atoms with Crippen LogP contribution in [0.5, 0.6) is 23.0 Å². The van der Waals surface area contributed by atoms with Gasteiger partial charge in [0.2, 0.25) is 0 Å². The summed E-state index contributed by atoms with van der Waals surface area (Å²) in [4.78, 5) is 0. The summed E-state index contributed by atoms with van der Waals surface area (Å²) in [5, 5.41) is 10.3. The van der Waals surface area contributed by atoms with E-state index in [2.05, 4.69) is 0 Å². The van der Waals surface area contributed by atoms with Crippen LogP contribution >= 0.6 is 0 Å². The Hall–Kier alpha value is -2.20. The number of hydrogen-bond acceptors (Lipinski definition) is 4. The molecule has 1 heterocycles. The van der Waals surface area contributed by atoms with Crippen molar-refractivity contribution in [2.24, 2.45) is 0 Å². The molecule has 0 unspecified atom stereocenters. The van der Waals surface area contributed by atoms with E-state index in [1.165, 1.54) is 0 Å². The van der Waals surface area contributed by atoms with Gasteiger partial charge in [0.1, 0.15) is 23.0 Å².